The molecule has 0 amide bonds. The van der Waals surface area contributed by atoms with E-state index in [-0.39, 0.29) is 0 Å². The zero-order chi connectivity index (χ0) is 12.3. The fraction of sp³-hybridized carbons (Fsp3) is 1.00. The van der Waals surface area contributed by atoms with Crippen LogP contribution in [0.4, 0.5) is 0 Å². The second kappa shape index (κ2) is 5.37. The lowest BCUT2D eigenvalue weighted by molar-refractivity contribution is -0.451. The van der Waals surface area contributed by atoms with Crippen LogP contribution in [0.1, 0.15) is 0 Å². The van der Waals surface area contributed by atoms with Gasteiger partial charge in [-0.15, -0.1) is 0 Å². The second-order valence-electron chi connectivity index (χ2n) is 3.49. The molecule has 0 aliphatic carbocycles. The van der Waals surface area contributed by atoms with Crippen molar-refractivity contribution >= 4 is 0 Å². The lowest BCUT2D eigenvalue weighted by Crippen LogP contribution is -2.67. The number of aliphatic hydroxyl groups excluding tert-OH is 3. The lowest BCUT2D eigenvalue weighted by Gasteiger charge is -2.47. The molecule has 1 saturated heterocycles. The highest BCUT2D eigenvalue weighted by Crippen LogP contribution is 2.32. The molecular formula is C9H18O7. The van der Waals surface area contributed by atoms with Gasteiger partial charge in [-0.1, -0.05) is 0 Å². The van der Waals surface area contributed by atoms with Crippen LogP contribution < -0.4 is 0 Å². The lowest BCUT2D eigenvalue weighted by atomic mass is 9.97. The molecule has 0 aromatic carbocycles. The molecule has 16 heavy (non-hydrogen) atoms. The van der Waals surface area contributed by atoms with Gasteiger partial charge in [0.25, 0.3) is 0 Å². The van der Waals surface area contributed by atoms with Gasteiger partial charge in [-0.2, -0.15) is 0 Å². The first kappa shape index (κ1) is 13.8. The number of methoxy groups -OCH3 is 3. The van der Waals surface area contributed by atoms with E-state index in [0.717, 1.165) is 0 Å². The zero-order valence-corrected chi connectivity index (χ0v) is 9.49. The maximum absolute atomic E-state index is 9.81. The van der Waals surface area contributed by atoms with E-state index in [0.29, 0.717) is 0 Å². The molecule has 3 N–H and O–H groups in total. The van der Waals surface area contributed by atoms with Crippen molar-refractivity contribution in [1.29, 1.82) is 0 Å². The van der Waals surface area contributed by atoms with Crippen LogP contribution in [0, 0.1) is 0 Å². The van der Waals surface area contributed by atoms with Crippen molar-refractivity contribution in [1.82, 2.24) is 0 Å². The first-order valence-corrected chi connectivity index (χ1v) is 4.84. The van der Waals surface area contributed by atoms with Gasteiger partial charge in [0.2, 0.25) is 0 Å². The van der Waals surface area contributed by atoms with E-state index in [1.54, 1.807) is 0 Å². The normalized spacial score (nSPS) is 38.6. The Labute approximate surface area is 93.5 Å². The smallest absolute Gasteiger partial charge is 0.313 e. The minimum atomic E-state index is -1.64. The summed E-state index contributed by atoms with van der Waals surface area (Å²) in [6.45, 7) is -0.469. The number of hydrogen-bond acceptors (Lipinski definition) is 7. The Hall–Kier alpha value is -0.280. The van der Waals surface area contributed by atoms with Crippen LogP contribution in [0.2, 0.25) is 0 Å². The molecule has 0 aromatic rings. The van der Waals surface area contributed by atoms with Crippen LogP contribution in [-0.2, 0) is 18.9 Å². The van der Waals surface area contributed by atoms with Crippen LogP contribution in [0.25, 0.3) is 0 Å². The van der Waals surface area contributed by atoms with Crippen molar-refractivity contribution < 1.29 is 34.3 Å². The van der Waals surface area contributed by atoms with Gasteiger partial charge in [0.15, 0.2) is 6.10 Å². The molecule has 0 saturated carbocycles. The number of aliphatic hydroxyl groups is 3. The number of rotatable bonds is 4. The maximum Gasteiger partial charge on any atom is 0.313 e. The third-order valence-electron chi connectivity index (χ3n) is 2.71. The van der Waals surface area contributed by atoms with Crippen molar-refractivity contribution in [3.8, 4) is 0 Å². The predicted octanol–water partition coefficient (Wildman–Crippen LogP) is -1.94. The van der Waals surface area contributed by atoms with E-state index in [4.69, 9.17) is 24.1 Å². The van der Waals surface area contributed by atoms with Gasteiger partial charge < -0.3 is 34.3 Å². The zero-order valence-electron chi connectivity index (χ0n) is 9.49. The Balaban J connectivity index is 2.97. The van der Waals surface area contributed by atoms with Gasteiger partial charge in [0.1, 0.15) is 18.3 Å². The summed E-state index contributed by atoms with van der Waals surface area (Å²) in [7, 11) is 3.96. The van der Waals surface area contributed by atoms with Gasteiger partial charge in [-0.3, -0.25) is 0 Å². The quantitative estimate of drug-likeness (QED) is 0.490. The van der Waals surface area contributed by atoms with E-state index >= 15 is 0 Å². The summed E-state index contributed by atoms with van der Waals surface area (Å²) in [5.74, 6) is -1.64. The third-order valence-corrected chi connectivity index (χ3v) is 2.71. The van der Waals surface area contributed by atoms with Crippen LogP contribution in [0.15, 0.2) is 0 Å². The fourth-order valence-electron chi connectivity index (χ4n) is 1.80. The van der Waals surface area contributed by atoms with Crippen LogP contribution >= 0.6 is 0 Å². The Morgan fingerprint density at radius 2 is 1.69 bits per heavy atom. The molecule has 1 heterocycles. The fourth-order valence-corrected chi connectivity index (χ4v) is 1.80. The molecule has 4 atom stereocenters. The second-order valence-corrected chi connectivity index (χ2v) is 3.49. The Morgan fingerprint density at radius 3 is 2.06 bits per heavy atom. The Bertz CT molecular complexity index is 218. The summed E-state index contributed by atoms with van der Waals surface area (Å²) in [4.78, 5) is 0. The summed E-state index contributed by atoms with van der Waals surface area (Å²) in [5.41, 5.74) is 0. The van der Waals surface area contributed by atoms with Crippen molar-refractivity contribution in [2.75, 3.05) is 27.9 Å². The van der Waals surface area contributed by atoms with E-state index in [1.807, 2.05) is 0 Å². The summed E-state index contributed by atoms with van der Waals surface area (Å²) >= 11 is 0. The molecule has 1 rings (SSSR count). The topological polar surface area (TPSA) is 97.6 Å². The van der Waals surface area contributed by atoms with Crippen molar-refractivity contribution in [2.45, 2.75) is 30.4 Å². The van der Waals surface area contributed by atoms with E-state index in [9.17, 15) is 10.2 Å². The monoisotopic (exact) mass is 238 g/mol. The highest BCUT2D eigenvalue weighted by Gasteiger charge is 2.56. The summed E-state index contributed by atoms with van der Waals surface area (Å²) in [6, 6.07) is 0. The van der Waals surface area contributed by atoms with Gasteiger partial charge in [-0.25, -0.2) is 0 Å². The molecule has 0 spiro atoms. The molecule has 0 aromatic heterocycles. The van der Waals surface area contributed by atoms with Crippen molar-refractivity contribution in [3.63, 3.8) is 0 Å². The van der Waals surface area contributed by atoms with E-state index in [2.05, 4.69) is 0 Å². The highest BCUT2D eigenvalue weighted by atomic mass is 16.9. The first-order valence-electron chi connectivity index (χ1n) is 4.84. The van der Waals surface area contributed by atoms with Gasteiger partial charge in [0.05, 0.1) is 6.61 Å². The van der Waals surface area contributed by atoms with Crippen LogP contribution in [-0.4, -0.2) is 73.6 Å². The van der Waals surface area contributed by atoms with E-state index < -0.39 is 37.0 Å². The molecule has 0 radical (unpaired) electrons. The minimum Gasteiger partial charge on any atom is -0.394 e. The molecule has 7 nitrogen and oxygen atoms in total. The Morgan fingerprint density at radius 1 is 1.12 bits per heavy atom. The maximum atomic E-state index is 9.81. The molecule has 1 fully saturated rings. The molecule has 7 heteroatoms. The molecule has 96 valence electrons. The first-order chi connectivity index (χ1) is 7.56. The van der Waals surface area contributed by atoms with Crippen molar-refractivity contribution in [2.24, 2.45) is 0 Å². The Kier molecular flexibility index (Phi) is 4.62. The van der Waals surface area contributed by atoms with Crippen molar-refractivity contribution in [3.05, 3.63) is 0 Å². The third kappa shape index (κ3) is 2.07. The summed E-state index contributed by atoms with van der Waals surface area (Å²) < 4.78 is 20.3. The average Bonchev–Trinajstić information content (AvgIpc) is 2.32. The minimum absolute atomic E-state index is 0.469. The van der Waals surface area contributed by atoms with Crippen LogP contribution in [0.3, 0.4) is 0 Å². The SMILES string of the molecule is CO[C@@H]1[C@@H](O)[C@H](O)[C@H](CO)OC1(OC)OC. The van der Waals surface area contributed by atoms with Crippen LogP contribution in [0.5, 0.6) is 0 Å². The molecule has 1 aliphatic heterocycles. The van der Waals surface area contributed by atoms with Gasteiger partial charge >= 0.3 is 5.97 Å². The molecule has 0 unspecified atom stereocenters. The predicted molar refractivity (Wildman–Crippen MR) is 51.5 cm³/mol. The summed E-state index contributed by atoms with van der Waals surface area (Å²) in [6.07, 6.45) is -4.56. The summed E-state index contributed by atoms with van der Waals surface area (Å²) in [5, 5.41) is 28.5. The van der Waals surface area contributed by atoms with Gasteiger partial charge in [-0.05, 0) is 0 Å². The number of hydrogen-bond donors (Lipinski definition) is 3. The molecular weight excluding hydrogens is 220 g/mol. The molecule has 1 aliphatic rings. The standard InChI is InChI=1S/C9H18O7/c1-13-8-7(12)6(11)5(4-10)16-9(8,14-2)15-3/h5-8,10-12H,4H2,1-3H3/t5-,6+,7-,8+/m0/s1. The van der Waals surface area contributed by atoms with Gasteiger partial charge in [0, 0.05) is 21.3 Å². The molecule has 0 bridgehead atoms. The van der Waals surface area contributed by atoms with E-state index in [1.165, 1.54) is 21.3 Å². The average molecular weight is 238 g/mol. The largest absolute Gasteiger partial charge is 0.394 e. The highest BCUT2D eigenvalue weighted by molar-refractivity contribution is 4.93. The number of ether oxygens (including phenoxy) is 4.